The average molecular weight is 274 g/mol. The van der Waals surface area contributed by atoms with E-state index in [-0.39, 0.29) is 0 Å². The van der Waals surface area contributed by atoms with Gasteiger partial charge in [0, 0.05) is 0 Å². The van der Waals surface area contributed by atoms with Gasteiger partial charge in [-0.05, 0) is 48.5 Å². The summed E-state index contributed by atoms with van der Waals surface area (Å²) in [7, 11) is 0. The summed E-state index contributed by atoms with van der Waals surface area (Å²) >= 11 is 3.02. The van der Waals surface area contributed by atoms with E-state index in [1.54, 1.807) is 11.8 Å². The number of imidazole rings is 1. The van der Waals surface area contributed by atoms with Crippen LogP contribution in [0.25, 0.3) is 11.0 Å². The van der Waals surface area contributed by atoms with E-state index in [9.17, 15) is 4.79 Å². The number of H-pyrrole nitrogens is 1. The van der Waals surface area contributed by atoms with Crippen molar-refractivity contribution in [3.63, 3.8) is 0 Å². The Morgan fingerprint density at radius 2 is 2.22 bits per heavy atom. The summed E-state index contributed by atoms with van der Waals surface area (Å²) in [5.41, 5.74) is 3.22. The number of hydrogen-bond acceptors (Lipinski definition) is 4. The standard InChI is InChI=1S/C13H10N2OS2/c1-8-2-4-10-11(6-8)15-13(14-10)18-12-5-3-9(7-16)17-12/h2-7H,1H3,(H,14,15). The van der Waals surface area contributed by atoms with Gasteiger partial charge in [0.2, 0.25) is 0 Å². The summed E-state index contributed by atoms with van der Waals surface area (Å²) in [5, 5.41) is 0.856. The molecule has 0 atom stereocenters. The summed E-state index contributed by atoms with van der Waals surface area (Å²) < 4.78 is 1.06. The first-order chi connectivity index (χ1) is 8.74. The lowest BCUT2D eigenvalue weighted by Crippen LogP contribution is -1.71. The number of aromatic nitrogens is 2. The summed E-state index contributed by atoms with van der Waals surface area (Å²) in [6.07, 6.45) is 0.872. The molecule has 0 saturated carbocycles. The van der Waals surface area contributed by atoms with Crippen LogP contribution in [0.5, 0.6) is 0 Å². The lowest BCUT2D eigenvalue weighted by Gasteiger charge is -1.90. The molecule has 0 aliphatic rings. The number of aldehydes is 1. The lowest BCUT2D eigenvalue weighted by molar-refractivity contribution is 0.112. The minimum atomic E-state index is 0.740. The molecule has 0 aliphatic carbocycles. The minimum Gasteiger partial charge on any atom is -0.333 e. The third-order valence-corrected chi connectivity index (χ3v) is 4.56. The number of aryl methyl sites for hydroxylation is 1. The van der Waals surface area contributed by atoms with Gasteiger partial charge in [-0.15, -0.1) is 11.3 Å². The number of carbonyl (C=O) groups is 1. The number of hydrogen-bond donors (Lipinski definition) is 1. The van der Waals surface area contributed by atoms with Gasteiger partial charge >= 0.3 is 0 Å². The molecule has 1 N–H and O–H groups in total. The fourth-order valence-electron chi connectivity index (χ4n) is 1.70. The van der Waals surface area contributed by atoms with Crippen molar-refractivity contribution in [3.05, 3.63) is 40.8 Å². The van der Waals surface area contributed by atoms with Crippen LogP contribution in [0.4, 0.5) is 0 Å². The highest BCUT2D eigenvalue weighted by Gasteiger charge is 2.06. The van der Waals surface area contributed by atoms with Crippen molar-refractivity contribution in [2.75, 3.05) is 0 Å². The number of nitrogens with zero attached hydrogens (tertiary/aromatic N) is 1. The molecule has 90 valence electrons. The Hall–Kier alpha value is -1.59. The Morgan fingerprint density at radius 1 is 1.33 bits per heavy atom. The average Bonchev–Trinajstić information content (AvgIpc) is 2.95. The number of thiophene rings is 1. The summed E-state index contributed by atoms with van der Waals surface area (Å²) in [5.74, 6) is 0. The summed E-state index contributed by atoms with van der Waals surface area (Å²) in [4.78, 5) is 19.2. The number of benzene rings is 1. The molecule has 3 aromatic rings. The highest BCUT2D eigenvalue weighted by atomic mass is 32.2. The van der Waals surface area contributed by atoms with Crippen LogP contribution in [-0.2, 0) is 0 Å². The van der Waals surface area contributed by atoms with Gasteiger partial charge in [-0.25, -0.2) is 4.98 Å². The first-order valence-electron chi connectivity index (χ1n) is 5.44. The number of aromatic amines is 1. The van der Waals surface area contributed by atoms with Crippen LogP contribution in [0.15, 0.2) is 39.7 Å². The molecule has 3 rings (SSSR count). The van der Waals surface area contributed by atoms with E-state index < -0.39 is 0 Å². The predicted octanol–water partition coefficient (Wildman–Crippen LogP) is 3.90. The molecule has 0 aliphatic heterocycles. The molecule has 18 heavy (non-hydrogen) atoms. The van der Waals surface area contributed by atoms with Gasteiger partial charge < -0.3 is 4.98 Å². The smallest absolute Gasteiger partial charge is 0.172 e. The lowest BCUT2D eigenvalue weighted by atomic mass is 10.2. The molecular weight excluding hydrogens is 264 g/mol. The molecule has 0 saturated heterocycles. The molecular formula is C13H10N2OS2. The topological polar surface area (TPSA) is 45.8 Å². The molecule has 0 amide bonds. The Bertz CT molecular complexity index is 715. The monoisotopic (exact) mass is 274 g/mol. The second-order valence-corrected chi connectivity index (χ2v) is 6.34. The maximum absolute atomic E-state index is 10.6. The maximum Gasteiger partial charge on any atom is 0.172 e. The van der Waals surface area contributed by atoms with Crippen LogP contribution in [0.2, 0.25) is 0 Å². The van der Waals surface area contributed by atoms with Gasteiger partial charge in [0.25, 0.3) is 0 Å². The number of nitrogens with one attached hydrogen (secondary N) is 1. The van der Waals surface area contributed by atoms with Crippen molar-refractivity contribution in [3.8, 4) is 0 Å². The molecule has 0 radical (unpaired) electrons. The van der Waals surface area contributed by atoms with Crippen molar-refractivity contribution in [2.24, 2.45) is 0 Å². The molecule has 5 heteroatoms. The second-order valence-electron chi connectivity index (χ2n) is 3.94. The van der Waals surface area contributed by atoms with Crippen LogP contribution in [-0.4, -0.2) is 16.3 Å². The normalized spacial score (nSPS) is 10.9. The third-order valence-electron chi connectivity index (χ3n) is 2.53. The highest BCUT2D eigenvalue weighted by Crippen LogP contribution is 2.32. The van der Waals surface area contributed by atoms with E-state index in [0.717, 1.165) is 31.6 Å². The maximum atomic E-state index is 10.6. The zero-order chi connectivity index (χ0) is 12.5. The van der Waals surface area contributed by atoms with E-state index >= 15 is 0 Å². The fourth-order valence-corrected chi connectivity index (χ4v) is 3.57. The van der Waals surface area contributed by atoms with Crippen molar-refractivity contribution < 1.29 is 4.79 Å². The van der Waals surface area contributed by atoms with E-state index in [2.05, 4.69) is 23.0 Å². The largest absolute Gasteiger partial charge is 0.333 e. The van der Waals surface area contributed by atoms with Crippen LogP contribution >= 0.6 is 23.1 Å². The molecule has 1 aromatic carbocycles. The highest BCUT2D eigenvalue weighted by molar-refractivity contribution is 8.01. The first kappa shape index (κ1) is 11.5. The number of carbonyl (C=O) groups excluding carboxylic acids is 1. The van der Waals surface area contributed by atoms with Crippen molar-refractivity contribution in [1.29, 1.82) is 0 Å². The molecule has 3 nitrogen and oxygen atoms in total. The van der Waals surface area contributed by atoms with E-state index in [1.165, 1.54) is 16.9 Å². The van der Waals surface area contributed by atoms with Crippen molar-refractivity contribution in [1.82, 2.24) is 9.97 Å². The van der Waals surface area contributed by atoms with Crippen LogP contribution in [0.1, 0.15) is 15.2 Å². The molecule has 0 fully saturated rings. The quantitative estimate of drug-likeness (QED) is 0.737. The Balaban J connectivity index is 1.92. The third kappa shape index (κ3) is 2.19. The van der Waals surface area contributed by atoms with Gasteiger partial charge in [-0.3, -0.25) is 4.79 Å². The van der Waals surface area contributed by atoms with E-state index in [0.29, 0.717) is 0 Å². The van der Waals surface area contributed by atoms with Crippen LogP contribution in [0.3, 0.4) is 0 Å². The molecule has 2 heterocycles. The Labute approximate surface area is 112 Å². The van der Waals surface area contributed by atoms with Crippen LogP contribution in [0, 0.1) is 6.92 Å². The van der Waals surface area contributed by atoms with Gasteiger partial charge in [0.05, 0.1) is 20.1 Å². The second kappa shape index (κ2) is 4.59. The molecule has 0 unspecified atom stereocenters. The Kier molecular flexibility index (Phi) is 2.93. The summed E-state index contributed by atoms with van der Waals surface area (Å²) in [6.45, 7) is 2.06. The van der Waals surface area contributed by atoms with Crippen molar-refractivity contribution >= 4 is 40.4 Å². The molecule has 0 bridgehead atoms. The van der Waals surface area contributed by atoms with Gasteiger partial charge in [-0.2, -0.15) is 0 Å². The van der Waals surface area contributed by atoms with E-state index in [1.807, 2.05) is 24.3 Å². The SMILES string of the molecule is Cc1ccc2nc(Sc3ccc(C=O)s3)[nH]c2c1. The molecule has 0 spiro atoms. The number of rotatable bonds is 3. The van der Waals surface area contributed by atoms with Crippen molar-refractivity contribution in [2.45, 2.75) is 16.3 Å². The van der Waals surface area contributed by atoms with Gasteiger partial charge in [0.15, 0.2) is 11.4 Å². The van der Waals surface area contributed by atoms with Crippen LogP contribution < -0.4 is 0 Å². The molecule has 2 aromatic heterocycles. The number of fused-ring (bicyclic) bond motifs is 1. The van der Waals surface area contributed by atoms with Gasteiger partial charge in [0.1, 0.15) is 0 Å². The van der Waals surface area contributed by atoms with E-state index in [4.69, 9.17) is 0 Å². The Morgan fingerprint density at radius 3 is 3.00 bits per heavy atom. The summed E-state index contributed by atoms with van der Waals surface area (Å²) in [6, 6.07) is 9.91. The predicted molar refractivity (Wildman–Crippen MR) is 74.7 cm³/mol. The zero-order valence-corrected chi connectivity index (χ0v) is 11.3. The van der Waals surface area contributed by atoms with Gasteiger partial charge in [-0.1, -0.05) is 6.07 Å². The fraction of sp³-hybridized carbons (Fsp3) is 0.0769. The minimum absolute atomic E-state index is 0.740. The zero-order valence-electron chi connectivity index (χ0n) is 9.64. The first-order valence-corrected chi connectivity index (χ1v) is 7.07.